The molecule has 28 heavy (non-hydrogen) atoms. The van der Waals surface area contributed by atoms with Crippen molar-refractivity contribution in [2.75, 3.05) is 31.6 Å². The SMILES string of the molecule is O=C(Nc1cccc(-c2ccco2)c1)C1CCN(C(=O)C2CCOCC2)CC1. The molecule has 1 aromatic carbocycles. The molecule has 0 bridgehead atoms. The van der Waals surface area contributed by atoms with E-state index in [0.29, 0.717) is 39.1 Å². The summed E-state index contributed by atoms with van der Waals surface area (Å²) in [6.45, 7) is 2.65. The highest BCUT2D eigenvalue weighted by atomic mass is 16.5. The van der Waals surface area contributed by atoms with Crippen molar-refractivity contribution in [1.29, 1.82) is 0 Å². The van der Waals surface area contributed by atoms with Gasteiger partial charge in [-0.15, -0.1) is 0 Å². The highest BCUT2D eigenvalue weighted by molar-refractivity contribution is 5.93. The second kappa shape index (κ2) is 8.61. The fourth-order valence-electron chi connectivity index (χ4n) is 4.00. The van der Waals surface area contributed by atoms with E-state index in [0.717, 1.165) is 29.9 Å². The lowest BCUT2D eigenvalue weighted by Gasteiger charge is -2.34. The van der Waals surface area contributed by atoms with E-state index in [1.807, 2.05) is 41.3 Å². The Morgan fingerprint density at radius 3 is 2.46 bits per heavy atom. The molecule has 1 aromatic heterocycles. The highest BCUT2D eigenvalue weighted by Gasteiger charge is 2.31. The molecule has 0 unspecified atom stereocenters. The lowest BCUT2D eigenvalue weighted by Crippen LogP contribution is -2.45. The minimum atomic E-state index is -0.0639. The zero-order valence-electron chi connectivity index (χ0n) is 15.9. The van der Waals surface area contributed by atoms with Gasteiger partial charge in [-0.25, -0.2) is 0 Å². The summed E-state index contributed by atoms with van der Waals surface area (Å²) in [5.41, 5.74) is 1.69. The fourth-order valence-corrected chi connectivity index (χ4v) is 4.00. The number of ether oxygens (including phenoxy) is 1. The number of carbonyl (C=O) groups excluding carboxylic acids is 2. The lowest BCUT2D eigenvalue weighted by molar-refractivity contribution is -0.141. The van der Waals surface area contributed by atoms with Crippen molar-refractivity contribution in [3.8, 4) is 11.3 Å². The maximum Gasteiger partial charge on any atom is 0.227 e. The molecule has 148 valence electrons. The molecule has 0 aliphatic carbocycles. The average Bonchev–Trinajstić information content (AvgIpc) is 3.29. The minimum Gasteiger partial charge on any atom is -0.464 e. The van der Waals surface area contributed by atoms with Crippen LogP contribution in [0.4, 0.5) is 5.69 Å². The maximum absolute atomic E-state index is 12.7. The first-order valence-electron chi connectivity index (χ1n) is 10.0. The Hall–Kier alpha value is -2.60. The maximum atomic E-state index is 12.7. The largest absolute Gasteiger partial charge is 0.464 e. The summed E-state index contributed by atoms with van der Waals surface area (Å²) in [6, 6.07) is 11.4. The Labute approximate surface area is 164 Å². The van der Waals surface area contributed by atoms with Gasteiger partial charge < -0.3 is 19.4 Å². The molecule has 0 atom stereocenters. The van der Waals surface area contributed by atoms with Gasteiger partial charge in [0.2, 0.25) is 11.8 Å². The van der Waals surface area contributed by atoms with Crippen LogP contribution in [0.25, 0.3) is 11.3 Å². The number of rotatable bonds is 4. The van der Waals surface area contributed by atoms with E-state index in [-0.39, 0.29) is 23.7 Å². The van der Waals surface area contributed by atoms with Gasteiger partial charge in [0.25, 0.3) is 0 Å². The number of likely N-dealkylation sites (tertiary alicyclic amines) is 1. The van der Waals surface area contributed by atoms with Gasteiger partial charge in [0.1, 0.15) is 5.76 Å². The molecule has 2 amide bonds. The molecular weight excluding hydrogens is 356 g/mol. The van der Waals surface area contributed by atoms with Gasteiger partial charge in [-0.1, -0.05) is 12.1 Å². The van der Waals surface area contributed by atoms with Crippen LogP contribution in [0.1, 0.15) is 25.7 Å². The van der Waals surface area contributed by atoms with E-state index in [1.165, 1.54) is 0 Å². The van der Waals surface area contributed by atoms with E-state index in [1.54, 1.807) is 6.26 Å². The average molecular weight is 382 g/mol. The van der Waals surface area contributed by atoms with Crippen molar-refractivity contribution in [2.45, 2.75) is 25.7 Å². The van der Waals surface area contributed by atoms with Gasteiger partial charge in [0.05, 0.1) is 6.26 Å². The summed E-state index contributed by atoms with van der Waals surface area (Å²) in [6.07, 6.45) is 4.67. The van der Waals surface area contributed by atoms with Gasteiger partial charge in [-0.05, 0) is 49.9 Å². The molecule has 3 heterocycles. The first kappa shape index (κ1) is 18.7. The van der Waals surface area contributed by atoms with Gasteiger partial charge in [0, 0.05) is 49.4 Å². The third kappa shape index (κ3) is 4.28. The van der Waals surface area contributed by atoms with Gasteiger partial charge >= 0.3 is 0 Å². The molecule has 1 N–H and O–H groups in total. The van der Waals surface area contributed by atoms with Crippen molar-refractivity contribution >= 4 is 17.5 Å². The molecule has 2 fully saturated rings. The molecule has 2 aliphatic rings. The third-order valence-corrected chi connectivity index (χ3v) is 5.68. The highest BCUT2D eigenvalue weighted by Crippen LogP contribution is 2.26. The van der Waals surface area contributed by atoms with Crippen LogP contribution < -0.4 is 5.32 Å². The molecule has 2 saturated heterocycles. The second-order valence-corrected chi connectivity index (χ2v) is 7.53. The third-order valence-electron chi connectivity index (χ3n) is 5.68. The van der Waals surface area contributed by atoms with Crippen LogP contribution in [0.3, 0.4) is 0 Å². The van der Waals surface area contributed by atoms with Crippen LogP contribution in [0, 0.1) is 11.8 Å². The number of hydrogen-bond donors (Lipinski definition) is 1. The lowest BCUT2D eigenvalue weighted by atomic mass is 9.93. The van der Waals surface area contributed by atoms with Crippen molar-refractivity contribution in [1.82, 2.24) is 4.90 Å². The van der Waals surface area contributed by atoms with Crippen molar-refractivity contribution in [3.63, 3.8) is 0 Å². The second-order valence-electron chi connectivity index (χ2n) is 7.53. The smallest absolute Gasteiger partial charge is 0.227 e. The first-order valence-corrected chi connectivity index (χ1v) is 10.0. The van der Waals surface area contributed by atoms with Crippen LogP contribution in [0.2, 0.25) is 0 Å². The number of nitrogens with zero attached hydrogens (tertiary/aromatic N) is 1. The van der Waals surface area contributed by atoms with Crippen LogP contribution in [-0.4, -0.2) is 43.0 Å². The quantitative estimate of drug-likeness (QED) is 0.878. The number of furan rings is 1. The molecule has 0 radical (unpaired) electrons. The first-order chi connectivity index (χ1) is 13.7. The Balaban J connectivity index is 1.31. The number of anilines is 1. The van der Waals surface area contributed by atoms with Crippen LogP contribution in [0.15, 0.2) is 47.1 Å². The predicted molar refractivity (Wildman–Crippen MR) is 106 cm³/mol. The Morgan fingerprint density at radius 1 is 0.964 bits per heavy atom. The molecule has 0 spiro atoms. The summed E-state index contributed by atoms with van der Waals surface area (Å²) >= 11 is 0. The van der Waals surface area contributed by atoms with E-state index in [2.05, 4.69) is 5.32 Å². The Bertz CT molecular complexity index is 804. The summed E-state index contributed by atoms with van der Waals surface area (Å²) in [4.78, 5) is 27.2. The topological polar surface area (TPSA) is 71.8 Å². The fraction of sp³-hybridized carbons (Fsp3) is 0.455. The van der Waals surface area contributed by atoms with Crippen LogP contribution in [0.5, 0.6) is 0 Å². The van der Waals surface area contributed by atoms with E-state index < -0.39 is 0 Å². The van der Waals surface area contributed by atoms with Crippen molar-refractivity contribution in [2.24, 2.45) is 11.8 Å². The number of amides is 2. The van der Waals surface area contributed by atoms with Crippen molar-refractivity contribution in [3.05, 3.63) is 42.7 Å². The van der Waals surface area contributed by atoms with Crippen LogP contribution in [-0.2, 0) is 14.3 Å². The van der Waals surface area contributed by atoms with E-state index in [9.17, 15) is 9.59 Å². The molecule has 0 saturated carbocycles. The zero-order valence-corrected chi connectivity index (χ0v) is 15.9. The molecule has 6 heteroatoms. The number of piperidine rings is 1. The summed E-state index contributed by atoms with van der Waals surface area (Å²) in [7, 11) is 0. The van der Waals surface area contributed by atoms with E-state index >= 15 is 0 Å². The zero-order chi connectivity index (χ0) is 19.3. The number of nitrogens with one attached hydrogen (secondary N) is 1. The Kier molecular flexibility index (Phi) is 5.76. The summed E-state index contributed by atoms with van der Waals surface area (Å²) < 4.78 is 10.8. The molecule has 6 nitrogen and oxygen atoms in total. The number of hydrogen-bond acceptors (Lipinski definition) is 4. The van der Waals surface area contributed by atoms with Gasteiger partial charge in [-0.2, -0.15) is 0 Å². The molecule has 2 aliphatic heterocycles. The number of benzene rings is 1. The minimum absolute atomic E-state index is 0.0229. The monoisotopic (exact) mass is 382 g/mol. The number of carbonyl (C=O) groups is 2. The predicted octanol–water partition coefficient (Wildman–Crippen LogP) is 3.55. The van der Waals surface area contributed by atoms with E-state index in [4.69, 9.17) is 9.15 Å². The van der Waals surface area contributed by atoms with Gasteiger partial charge in [-0.3, -0.25) is 9.59 Å². The summed E-state index contributed by atoms with van der Waals surface area (Å²) in [5.74, 6) is 1.05. The van der Waals surface area contributed by atoms with Crippen molar-refractivity contribution < 1.29 is 18.7 Å². The molecular formula is C22H26N2O4. The normalized spacial score (nSPS) is 18.8. The van der Waals surface area contributed by atoms with Crippen LogP contribution >= 0.6 is 0 Å². The Morgan fingerprint density at radius 2 is 1.75 bits per heavy atom. The summed E-state index contributed by atoms with van der Waals surface area (Å²) in [5, 5.41) is 3.02. The molecule has 4 rings (SSSR count). The molecule has 2 aromatic rings. The van der Waals surface area contributed by atoms with Gasteiger partial charge in [0.15, 0.2) is 0 Å². The standard InChI is InChI=1S/C22H26N2O4/c25-21(23-19-4-1-3-18(15-19)20-5-2-12-28-20)16-6-10-24(11-7-16)22(26)17-8-13-27-14-9-17/h1-5,12,15-17H,6-11,13-14H2,(H,23,25).